The summed E-state index contributed by atoms with van der Waals surface area (Å²) in [6, 6.07) is 12.4. The molecule has 2 atom stereocenters. The van der Waals surface area contributed by atoms with Crippen LogP contribution in [0.3, 0.4) is 0 Å². The first-order valence-corrected chi connectivity index (χ1v) is 8.96. The zero-order valence-electron chi connectivity index (χ0n) is 14.9. The summed E-state index contributed by atoms with van der Waals surface area (Å²) < 4.78 is 5.60. The van der Waals surface area contributed by atoms with Crippen LogP contribution in [0.1, 0.15) is 36.5 Å². The Hall–Kier alpha value is -2.20. The van der Waals surface area contributed by atoms with Crippen molar-refractivity contribution in [1.29, 1.82) is 0 Å². The number of hydrogen-bond acceptors (Lipinski definition) is 3. The van der Waals surface area contributed by atoms with Crippen LogP contribution in [-0.2, 0) is 22.4 Å². The fraction of sp³-hybridized carbons (Fsp3) is 0.429. The first-order chi connectivity index (χ1) is 12.1. The predicted molar refractivity (Wildman–Crippen MR) is 98.4 cm³/mol. The van der Waals surface area contributed by atoms with E-state index < -0.39 is 0 Å². The summed E-state index contributed by atoms with van der Waals surface area (Å²) in [5, 5.41) is 3.16. The Morgan fingerprint density at radius 2 is 1.84 bits per heavy atom. The molecule has 1 aromatic carbocycles. The van der Waals surface area contributed by atoms with Gasteiger partial charge in [-0.1, -0.05) is 38.1 Å². The second kappa shape index (κ2) is 8.26. The summed E-state index contributed by atoms with van der Waals surface area (Å²) in [5.74, 6) is 0.884. The Kier molecular flexibility index (Phi) is 5.82. The minimum Gasteiger partial charge on any atom is -0.379 e. The first kappa shape index (κ1) is 17.6. The molecule has 132 valence electrons. The zero-order valence-corrected chi connectivity index (χ0v) is 14.9. The summed E-state index contributed by atoms with van der Waals surface area (Å²) in [6.45, 7) is 5.62. The van der Waals surface area contributed by atoms with Gasteiger partial charge in [0.25, 0.3) is 0 Å². The molecule has 1 aromatic heterocycles. The second-order valence-corrected chi connectivity index (χ2v) is 7.10. The van der Waals surface area contributed by atoms with Gasteiger partial charge in [-0.3, -0.25) is 9.78 Å². The maximum atomic E-state index is 12.4. The van der Waals surface area contributed by atoms with Gasteiger partial charge in [-0.05, 0) is 41.2 Å². The molecule has 1 fully saturated rings. The third kappa shape index (κ3) is 4.89. The number of pyridine rings is 1. The van der Waals surface area contributed by atoms with Crippen molar-refractivity contribution < 1.29 is 9.53 Å². The highest BCUT2D eigenvalue weighted by Crippen LogP contribution is 2.19. The number of nitrogens with one attached hydrogen (secondary N) is 1. The molecular formula is C21H26N2O2. The van der Waals surface area contributed by atoms with E-state index in [2.05, 4.69) is 48.4 Å². The Morgan fingerprint density at radius 1 is 1.12 bits per heavy atom. The average molecular weight is 338 g/mol. The Morgan fingerprint density at radius 3 is 2.52 bits per heavy atom. The van der Waals surface area contributed by atoms with Crippen LogP contribution in [0, 0.1) is 5.92 Å². The molecule has 0 aliphatic carbocycles. The number of amides is 1. The third-order valence-corrected chi connectivity index (χ3v) is 4.80. The van der Waals surface area contributed by atoms with Gasteiger partial charge in [-0.15, -0.1) is 0 Å². The molecule has 0 bridgehead atoms. The number of benzene rings is 1. The quantitative estimate of drug-likeness (QED) is 0.880. The van der Waals surface area contributed by atoms with Gasteiger partial charge in [0.1, 0.15) is 0 Å². The molecule has 0 saturated carbocycles. The first-order valence-electron chi connectivity index (χ1n) is 8.96. The fourth-order valence-electron chi connectivity index (χ4n) is 3.24. The molecule has 1 saturated heterocycles. The SMILES string of the molecule is CC(C)c1ccc(CC(=O)N[C@H]2COC[C@H]2Cc2ccncc2)cc1. The van der Waals surface area contributed by atoms with Gasteiger partial charge in [0, 0.05) is 18.3 Å². The van der Waals surface area contributed by atoms with Crippen LogP contribution in [0.2, 0.25) is 0 Å². The van der Waals surface area contributed by atoms with E-state index in [0.717, 1.165) is 12.0 Å². The van der Waals surface area contributed by atoms with Crippen molar-refractivity contribution in [3.63, 3.8) is 0 Å². The minimum atomic E-state index is 0.0625. The molecule has 3 rings (SSSR count). The molecule has 1 aliphatic rings. The number of aromatic nitrogens is 1. The molecule has 0 unspecified atom stereocenters. The van der Waals surface area contributed by atoms with Gasteiger partial charge in [-0.2, -0.15) is 0 Å². The highest BCUT2D eigenvalue weighted by atomic mass is 16.5. The number of ether oxygens (including phenoxy) is 1. The highest BCUT2D eigenvalue weighted by molar-refractivity contribution is 5.79. The van der Waals surface area contributed by atoms with Crippen molar-refractivity contribution in [2.24, 2.45) is 5.92 Å². The number of hydrogen-bond donors (Lipinski definition) is 1. The van der Waals surface area contributed by atoms with Crippen molar-refractivity contribution >= 4 is 5.91 Å². The van der Waals surface area contributed by atoms with E-state index in [-0.39, 0.29) is 11.9 Å². The fourth-order valence-corrected chi connectivity index (χ4v) is 3.24. The van der Waals surface area contributed by atoms with Crippen LogP contribution >= 0.6 is 0 Å². The molecule has 1 amide bonds. The van der Waals surface area contributed by atoms with Crippen molar-refractivity contribution in [3.8, 4) is 0 Å². The molecule has 2 heterocycles. The van der Waals surface area contributed by atoms with Gasteiger partial charge in [0.05, 0.1) is 25.7 Å². The van der Waals surface area contributed by atoms with E-state index in [1.807, 2.05) is 12.1 Å². The van der Waals surface area contributed by atoms with Crippen LogP contribution in [0.5, 0.6) is 0 Å². The van der Waals surface area contributed by atoms with Crippen molar-refractivity contribution in [3.05, 3.63) is 65.5 Å². The summed E-state index contributed by atoms with van der Waals surface area (Å²) in [7, 11) is 0. The monoisotopic (exact) mass is 338 g/mol. The molecule has 0 radical (unpaired) electrons. The molecule has 4 heteroatoms. The van der Waals surface area contributed by atoms with Crippen LogP contribution in [0.15, 0.2) is 48.8 Å². The van der Waals surface area contributed by atoms with Gasteiger partial charge in [-0.25, -0.2) is 0 Å². The van der Waals surface area contributed by atoms with E-state index in [0.29, 0.717) is 31.5 Å². The van der Waals surface area contributed by atoms with Crippen LogP contribution in [0.4, 0.5) is 0 Å². The molecule has 1 N–H and O–H groups in total. The topological polar surface area (TPSA) is 51.2 Å². The summed E-state index contributed by atoms with van der Waals surface area (Å²) >= 11 is 0. The van der Waals surface area contributed by atoms with Gasteiger partial charge in [0.15, 0.2) is 0 Å². The average Bonchev–Trinajstić information content (AvgIpc) is 3.03. The Bertz CT molecular complexity index is 683. The molecule has 1 aliphatic heterocycles. The van der Waals surface area contributed by atoms with E-state index >= 15 is 0 Å². The molecule has 2 aromatic rings. The Balaban J connectivity index is 1.54. The lowest BCUT2D eigenvalue weighted by Gasteiger charge is -2.19. The third-order valence-electron chi connectivity index (χ3n) is 4.80. The predicted octanol–water partition coefficient (Wildman–Crippen LogP) is 3.12. The summed E-state index contributed by atoms with van der Waals surface area (Å²) in [4.78, 5) is 16.5. The minimum absolute atomic E-state index is 0.0625. The summed E-state index contributed by atoms with van der Waals surface area (Å²) in [6.07, 6.45) is 4.92. The lowest BCUT2D eigenvalue weighted by Crippen LogP contribution is -2.41. The van der Waals surface area contributed by atoms with E-state index in [9.17, 15) is 4.79 Å². The zero-order chi connectivity index (χ0) is 17.6. The lowest BCUT2D eigenvalue weighted by molar-refractivity contribution is -0.121. The smallest absolute Gasteiger partial charge is 0.224 e. The highest BCUT2D eigenvalue weighted by Gasteiger charge is 2.29. The summed E-state index contributed by atoms with van der Waals surface area (Å²) in [5.41, 5.74) is 3.58. The number of nitrogens with zero attached hydrogens (tertiary/aromatic N) is 1. The molecule has 0 spiro atoms. The van der Waals surface area contributed by atoms with Gasteiger partial charge >= 0.3 is 0 Å². The lowest BCUT2D eigenvalue weighted by atomic mass is 9.95. The van der Waals surface area contributed by atoms with E-state index in [1.54, 1.807) is 12.4 Å². The number of carbonyl (C=O) groups excluding carboxylic acids is 1. The van der Waals surface area contributed by atoms with Crippen LogP contribution in [-0.4, -0.2) is 30.1 Å². The van der Waals surface area contributed by atoms with Crippen molar-refractivity contribution in [2.75, 3.05) is 13.2 Å². The Labute approximate surface area is 149 Å². The molecule has 4 nitrogen and oxygen atoms in total. The van der Waals surface area contributed by atoms with Gasteiger partial charge in [0.2, 0.25) is 5.91 Å². The van der Waals surface area contributed by atoms with Crippen molar-refractivity contribution in [1.82, 2.24) is 10.3 Å². The second-order valence-electron chi connectivity index (χ2n) is 7.10. The van der Waals surface area contributed by atoms with Crippen molar-refractivity contribution in [2.45, 2.75) is 38.6 Å². The van der Waals surface area contributed by atoms with Gasteiger partial charge < -0.3 is 10.1 Å². The standard InChI is InChI=1S/C21H26N2O2/c1-15(2)18-5-3-16(4-6-18)12-21(24)23-20-14-25-13-19(20)11-17-7-9-22-10-8-17/h3-10,15,19-20H,11-14H2,1-2H3,(H,23,24)/t19-,20+/m1/s1. The maximum Gasteiger partial charge on any atom is 0.224 e. The molecule has 25 heavy (non-hydrogen) atoms. The largest absolute Gasteiger partial charge is 0.379 e. The number of rotatable bonds is 6. The normalized spacial score (nSPS) is 20.0. The van der Waals surface area contributed by atoms with Crippen LogP contribution < -0.4 is 5.32 Å². The maximum absolute atomic E-state index is 12.4. The van der Waals surface area contributed by atoms with E-state index in [1.165, 1.54) is 11.1 Å². The van der Waals surface area contributed by atoms with E-state index in [4.69, 9.17) is 4.74 Å². The number of carbonyl (C=O) groups is 1. The molecular weight excluding hydrogens is 312 g/mol. The van der Waals surface area contributed by atoms with Crippen LogP contribution in [0.25, 0.3) is 0 Å².